The number of piperidine rings is 1. The molecule has 4 aromatic rings. The number of para-hydroxylation sites is 1. The molecule has 1 aromatic heterocycles. The van der Waals surface area contributed by atoms with Crippen LogP contribution in [0.3, 0.4) is 0 Å². The van der Waals surface area contributed by atoms with Crippen LogP contribution < -0.4 is 19.7 Å². The molecule has 40 heavy (non-hydrogen) atoms. The number of fused-ring (bicyclic) bond motifs is 3. The number of benzene rings is 3. The van der Waals surface area contributed by atoms with E-state index in [-0.39, 0.29) is 11.7 Å². The Morgan fingerprint density at radius 3 is 2.70 bits per heavy atom. The fraction of sp³-hybridized carbons (Fsp3) is 0.258. The number of ether oxygens (including phenoxy) is 2. The van der Waals surface area contributed by atoms with Gasteiger partial charge in [0.2, 0.25) is 0 Å². The van der Waals surface area contributed by atoms with Gasteiger partial charge in [-0.25, -0.2) is 14.4 Å². The Kier molecular flexibility index (Phi) is 7.54. The molecule has 9 heteroatoms. The third kappa shape index (κ3) is 5.60. The van der Waals surface area contributed by atoms with E-state index in [1.165, 1.54) is 31.7 Å². The summed E-state index contributed by atoms with van der Waals surface area (Å²) in [6.45, 7) is 3.71. The van der Waals surface area contributed by atoms with Gasteiger partial charge < -0.3 is 19.7 Å². The minimum absolute atomic E-state index is 0.0941. The lowest BCUT2D eigenvalue weighted by atomic mass is 10.1. The van der Waals surface area contributed by atoms with Crippen molar-refractivity contribution in [1.82, 2.24) is 14.9 Å². The van der Waals surface area contributed by atoms with Crippen molar-refractivity contribution in [2.24, 2.45) is 0 Å². The number of likely N-dealkylation sites (tertiary alicyclic amines) is 1. The molecule has 0 unspecified atom stereocenters. The van der Waals surface area contributed by atoms with Gasteiger partial charge in [-0.1, -0.05) is 30.7 Å². The van der Waals surface area contributed by atoms with Gasteiger partial charge in [-0.05, 0) is 62.3 Å². The van der Waals surface area contributed by atoms with Crippen LogP contribution >= 0.6 is 0 Å². The summed E-state index contributed by atoms with van der Waals surface area (Å²) in [5.41, 5.74) is 1.79. The number of hydrogen-bond acceptors (Lipinski definition) is 7. The molecule has 0 bridgehead atoms. The zero-order chi connectivity index (χ0) is 27.3. The predicted octanol–water partition coefficient (Wildman–Crippen LogP) is 6.07. The van der Waals surface area contributed by atoms with Gasteiger partial charge in [0.05, 0.1) is 23.1 Å². The predicted molar refractivity (Wildman–Crippen MR) is 153 cm³/mol. The standard InChI is InChI=1S/C31H30FN5O3/c32-24-20-22(11-14-27(24)40-23-8-3-1-4-9-23)35-31-29-25(33-21-34-31)12-13-26-30(29)39-19-18-37(26)28(38)10-7-17-36-15-5-2-6-16-36/h1,3-4,7-14,20-21H,2,5-6,15-19H2,(H,33,34,35)/b10-7+. The van der Waals surface area contributed by atoms with Crippen molar-refractivity contribution in [2.45, 2.75) is 19.3 Å². The lowest BCUT2D eigenvalue weighted by molar-refractivity contribution is -0.114. The van der Waals surface area contributed by atoms with E-state index in [0.717, 1.165) is 19.6 Å². The molecule has 3 heterocycles. The number of amides is 1. The van der Waals surface area contributed by atoms with E-state index >= 15 is 0 Å². The maximum Gasteiger partial charge on any atom is 0.250 e. The molecule has 8 nitrogen and oxygen atoms in total. The fourth-order valence-electron chi connectivity index (χ4n) is 5.10. The van der Waals surface area contributed by atoms with Crippen molar-refractivity contribution in [3.8, 4) is 17.2 Å². The summed E-state index contributed by atoms with van der Waals surface area (Å²) in [4.78, 5) is 26.1. The van der Waals surface area contributed by atoms with Gasteiger partial charge >= 0.3 is 0 Å². The summed E-state index contributed by atoms with van der Waals surface area (Å²) >= 11 is 0. The molecular formula is C31H30FN5O3. The summed E-state index contributed by atoms with van der Waals surface area (Å²) in [6.07, 6.45) is 8.73. The average molecular weight is 540 g/mol. The molecule has 0 spiro atoms. The number of aromatic nitrogens is 2. The number of nitrogens with zero attached hydrogens (tertiary/aromatic N) is 4. The van der Waals surface area contributed by atoms with Crippen LogP contribution in [0.4, 0.5) is 21.6 Å². The highest BCUT2D eigenvalue weighted by Crippen LogP contribution is 2.41. The van der Waals surface area contributed by atoms with E-state index in [1.54, 1.807) is 35.2 Å². The average Bonchev–Trinajstić information content (AvgIpc) is 2.99. The van der Waals surface area contributed by atoms with Gasteiger partial charge in [0.1, 0.15) is 24.5 Å². The molecule has 1 amide bonds. The number of hydrogen-bond donors (Lipinski definition) is 1. The normalized spacial score (nSPS) is 15.6. The molecule has 0 saturated carbocycles. The van der Waals surface area contributed by atoms with Crippen LogP contribution in [0.1, 0.15) is 19.3 Å². The van der Waals surface area contributed by atoms with Crippen LogP contribution in [0.2, 0.25) is 0 Å². The maximum absolute atomic E-state index is 14.9. The summed E-state index contributed by atoms with van der Waals surface area (Å²) in [6, 6.07) is 17.4. The Balaban J connectivity index is 1.24. The molecule has 3 aromatic carbocycles. The summed E-state index contributed by atoms with van der Waals surface area (Å²) < 4.78 is 26.6. The lowest BCUT2D eigenvalue weighted by Gasteiger charge is -2.30. The van der Waals surface area contributed by atoms with E-state index in [1.807, 2.05) is 36.4 Å². The van der Waals surface area contributed by atoms with E-state index in [2.05, 4.69) is 20.2 Å². The summed E-state index contributed by atoms with van der Waals surface area (Å²) in [7, 11) is 0. The maximum atomic E-state index is 14.9. The SMILES string of the molecule is O=C(/C=C/CN1CCCCC1)N1CCOc2c1ccc1ncnc(Nc3ccc(Oc4ccccc4)c(F)c3)c21. The van der Waals surface area contributed by atoms with Gasteiger partial charge in [0.25, 0.3) is 5.91 Å². The van der Waals surface area contributed by atoms with Gasteiger partial charge in [0.15, 0.2) is 17.3 Å². The van der Waals surface area contributed by atoms with Crippen molar-refractivity contribution in [2.75, 3.05) is 43.0 Å². The number of carbonyl (C=O) groups excluding carboxylic acids is 1. The second kappa shape index (κ2) is 11.7. The Bertz CT molecular complexity index is 1540. The highest BCUT2D eigenvalue weighted by Gasteiger charge is 2.26. The van der Waals surface area contributed by atoms with Crippen LogP contribution in [-0.4, -0.2) is 53.6 Å². The van der Waals surface area contributed by atoms with E-state index in [4.69, 9.17) is 9.47 Å². The topological polar surface area (TPSA) is 79.8 Å². The monoisotopic (exact) mass is 539 g/mol. The first-order valence-electron chi connectivity index (χ1n) is 13.6. The number of anilines is 3. The van der Waals surface area contributed by atoms with Crippen LogP contribution in [0.25, 0.3) is 10.9 Å². The van der Waals surface area contributed by atoms with Crippen molar-refractivity contribution < 1.29 is 18.7 Å². The molecule has 1 N–H and O–H groups in total. The lowest BCUT2D eigenvalue weighted by Crippen LogP contribution is -2.37. The molecule has 2 aliphatic heterocycles. The van der Waals surface area contributed by atoms with Crippen LogP contribution in [0, 0.1) is 5.82 Å². The third-order valence-corrected chi connectivity index (χ3v) is 7.09. The Morgan fingerprint density at radius 1 is 1.02 bits per heavy atom. The molecule has 6 rings (SSSR count). The summed E-state index contributed by atoms with van der Waals surface area (Å²) in [5.74, 6) is 1.03. The van der Waals surface area contributed by atoms with Gasteiger partial charge in [-0.15, -0.1) is 0 Å². The minimum atomic E-state index is -0.515. The molecule has 2 aliphatic rings. The van der Waals surface area contributed by atoms with Gasteiger partial charge in [0, 0.05) is 24.4 Å². The fourth-order valence-corrected chi connectivity index (χ4v) is 5.10. The first kappa shape index (κ1) is 25.8. The van der Waals surface area contributed by atoms with Crippen molar-refractivity contribution in [3.63, 3.8) is 0 Å². The molecular weight excluding hydrogens is 509 g/mol. The number of carbonyl (C=O) groups is 1. The van der Waals surface area contributed by atoms with Gasteiger partial charge in [-0.3, -0.25) is 9.69 Å². The molecule has 0 aliphatic carbocycles. The van der Waals surface area contributed by atoms with Crippen molar-refractivity contribution in [3.05, 3.63) is 85.0 Å². The highest BCUT2D eigenvalue weighted by atomic mass is 19.1. The zero-order valence-corrected chi connectivity index (χ0v) is 22.1. The molecule has 0 radical (unpaired) electrons. The minimum Gasteiger partial charge on any atom is -0.489 e. The van der Waals surface area contributed by atoms with E-state index < -0.39 is 5.82 Å². The first-order valence-corrected chi connectivity index (χ1v) is 13.6. The molecule has 1 fully saturated rings. The Morgan fingerprint density at radius 2 is 1.88 bits per heavy atom. The number of halogens is 1. The smallest absolute Gasteiger partial charge is 0.250 e. The molecule has 204 valence electrons. The largest absolute Gasteiger partial charge is 0.489 e. The third-order valence-electron chi connectivity index (χ3n) is 7.09. The van der Waals surface area contributed by atoms with E-state index in [0.29, 0.717) is 52.7 Å². The second-order valence-corrected chi connectivity index (χ2v) is 9.82. The van der Waals surface area contributed by atoms with E-state index in [9.17, 15) is 9.18 Å². The molecule has 1 saturated heterocycles. The molecule has 0 atom stereocenters. The highest BCUT2D eigenvalue weighted by molar-refractivity contribution is 6.07. The van der Waals surface area contributed by atoms with Crippen molar-refractivity contribution in [1.29, 1.82) is 0 Å². The quantitative estimate of drug-likeness (QED) is 0.286. The van der Waals surface area contributed by atoms with Crippen LogP contribution in [-0.2, 0) is 4.79 Å². The number of nitrogens with one attached hydrogen (secondary N) is 1. The second-order valence-electron chi connectivity index (χ2n) is 9.82. The van der Waals surface area contributed by atoms with Gasteiger partial charge in [-0.2, -0.15) is 0 Å². The first-order chi connectivity index (χ1) is 19.7. The van der Waals surface area contributed by atoms with Crippen LogP contribution in [0.5, 0.6) is 17.2 Å². The Labute approximate surface area is 232 Å². The summed E-state index contributed by atoms with van der Waals surface area (Å²) in [5, 5.41) is 3.82. The van der Waals surface area contributed by atoms with Crippen LogP contribution in [0.15, 0.2) is 79.1 Å². The number of rotatable bonds is 7. The Hall–Kier alpha value is -4.50. The van der Waals surface area contributed by atoms with Crippen molar-refractivity contribution >= 4 is 34.0 Å². The zero-order valence-electron chi connectivity index (χ0n) is 22.1.